The molecule has 2 N–H and O–H groups in total. The molecule has 0 bridgehead atoms. The lowest BCUT2D eigenvalue weighted by Gasteiger charge is -2.32. The van der Waals surface area contributed by atoms with E-state index < -0.39 is 6.04 Å². The number of piperidine rings is 1. The van der Waals surface area contributed by atoms with Gasteiger partial charge in [0.2, 0.25) is 5.91 Å². The van der Waals surface area contributed by atoms with Crippen LogP contribution in [0.5, 0.6) is 0 Å². The molecule has 186 valence electrons. The topological polar surface area (TPSA) is 145 Å². The van der Waals surface area contributed by atoms with Crippen LogP contribution >= 0.6 is 0 Å². The number of fused-ring (bicyclic) bond motifs is 1. The number of amides is 2. The number of nitrogens with zero attached hydrogens (tertiary/aromatic N) is 7. The molecule has 0 unspecified atom stereocenters. The van der Waals surface area contributed by atoms with Gasteiger partial charge in [-0.15, -0.1) is 5.10 Å². The van der Waals surface area contributed by atoms with E-state index in [1.54, 1.807) is 17.3 Å². The lowest BCUT2D eigenvalue weighted by atomic mass is 9.97. The molecule has 3 aromatic rings. The van der Waals surface area contributed by atoms with Gasteiger partial charge in [-0.3, -0.25) is 9.59 Å². The fraction of sp³-hybridized carbons (Fsp3) is 0.560. The first-order chi connectivity index (χ1) is 17.6. The van der Waals surface area contributed by atoms with Crippen LogP contribution in [0.4, 0.5) is 0 Å². The Labute approximate surface area is 208 Å². The van der Waals surface area contributed by atoms with E-state index >= 15 is 0 Å². The summed E-state index contributed by atoms with van der Waals surface area (Å²) in [6, 6.07) is 2.10. The maximum Gasteiger partial charge on any atom is 0.255 e. The summed E-state index contributed by atoms with van der Waals surface area (Å²) in [4.78, 5) is 40.5. The molecule has 6 rings (SSSR count). The van der Waals surface area contributed by atoms with Gasteiger partial charge in [-0.05, 0) is 44.4 Å². The van der Waals surface area contributed by atoms with Crippen molar-refractivity contribution in [1.29, 1.82) is 5.26 Å². The van der Waals surface area contributed by atoms with Gasteiger partial charge in [0, 0.05) is 25.2 Å². The Kier molecular flexibility index (Phi) is 5.87. The quantitative estimate of drug-likeness (QED) is 0.543. The van der Waals surface area contributed by atoms with E-state index in [9.17, 15) is 9.59 Å². The summed E-state index contributed by atoms with van der Waals surface area (Å²) in [6.07, 6.45) is 12.9. The molecule has 36 heavy (non-hydrogen) atoms. The van der Waals surface area contributed by atoms with Crippen molar-refractivity contribution in [3.63, 3.8) is 0 Å². The maximum absolute atomic E-state index is 13.3. The number of rotatable bonds is 6. The summed E-state index contributed by atoms with van der Waals surface area (Å²) in [7, 11) is 0. The number of carbonyl (C=O) groups is 2. The Morgan fingerprint density at radius 1 is 1.11 bits per heavy atom. The van der Waals surface area contributed by atoms with Gasteiger partial charge in [0.15, 0.2) is 5.65 Å². The van der Waals surface area contributed by atoms with Crippen LogP contribution in [0.2, 0.25) is 0 Å². The van der Waals surface area contributed by atoms with Crippen LogP contribution in [0.15, 0.2) is 18.6 Å². The number of H-pyrrole nitrogens is 1. The highest BCUT2D eigenvalue weighted by Crippen LogP contribution is 2.34. The van der Waals surface area contributed by atoms with Gasteiger partial charge in [-0.2, -0.15) is 5.26 Å². The molecule has 3 aliphatic rings. The molecule has 1 atom stereocenters. The minimum atomic E-state index is -0.566. The van der Waals surface area contributed by atoms with Crippen LogP contribution in [-0.2, 0) is 4.79 Å². The maximum atomic E-state index is 13.3. The molecule has 2 aliphatic carbocycles. The van der Waals surface area contributed by atoms with Crippen molar-refractivity contribution in [2.45, 2.75) is 63.5 Å². The van der Waals surface area contributed by atoms with Crippen LogP contribution in [0.1, 0.15) is 67.8 Å². The van der Waals surface area contributed by atoms with E-state index in [0.717, 1.165) is 25.7 Å². The standard InChI is InChI=1S/C25H29N9O2/c26-11-15-7-9-33(10-8-15)25(36)21(16-5-6-16)30-24(35)18-12-27-23-22(18)29-19(13-28-23)20-14-34(32-31-20)17-3-1-2-4-17/h12-17,21H,1-10H2,(H,27,28)(H,30,35)/t21-/m1/s1. The van der Waals surface area contributed by atoms with Crippen molar-refractivity contribution in [2.75, 3.05) is 13.1 Å². The largest absolute Gasteiger partial charge is 0.344 e. The zero-order valence-corrected chi connectivity index (χ0v) is 20.1. The van der Waals surface area contributed by atoms with Crippen LogP contribution in [0.3, 0.4) is 0 Å². The summed E-state index contributed by atoms with van der Waals surface area (Å²) in [5.74, 6) is -0.258. The molecule has 1 aliphatic heterocycles. The van der Waals surface area contributed by atoms with Crippen molar-refractivity contribution >= 4 is 23.0 Å². The minimum absolute atomic E-state index is 0.00164. The van der Waals surface area contributed by atoms with Crippen molar-refractivity contribution in [3.8, 4) is 17.5 Å². The monoisotopic (exact) mass is 487 g/mol. The number of aromatic amines is 1. The van der Waals surface area contributed by atoms with E-state index in [4.69, 9.17) is 10.2 Å². The van der Waals surface area contributed by atoms with Gasteiger partial charge < -0.3 is 15.2 Å². The highest BCUT2D eigenvalue weighted by Gasteiger charge is 2.40. The van der Waals surface area contributed by atoms with Crippen molar-refractivity contribution in [3.05, 3.63) is 24.2 Å². The SMILES string of the molecule is N#CC1CCN(C(=O)[C@H](NC(=O)c2c[nH]c3ncc(-c4cn(C5CCCC5)nn4)nc23)C2CC2)CC1. The van der Waals surface area contributed by atoms with Crippen LogP contribution in [0.25, 0.3) is 22.6 Å². The molecule has 1 saturated heterocycles. The molecule has 11 heteroatoms. The highest BCUT2D eigenvalue weighted by atomic mass is 16.2. The molecule has 2 saturated carbocycles. The minimum Gasteiger partial charge on any atom is -0.344 e. The smallest absolute Gasteiger partial charge is 0.255 e. The molecular weight excluding hydrogens is 458 g/mol. The lowest BCUT2D eigenvalue weighted by molar-refractivity contribution is -0.135. The molecule has 0 radical (unpaired) electrons. The molecule has 0 spiro atoms. The third-order valence-corrected chi connectivity index (χ3v) is 7.73. The van der Waals surface area contributed by atoms with Gasteiger partial charge >= 0.3 is 0 Å². The molecule has 3 fully saturated rings. The van der Waals surface area contributed by atoms with Gasteiger partial charge in [-0.1, -0.05) is 18.1 Å². The van der Waals surface area contributed by atoms with Gasteiger partial charge in [0.05, 0.1) is 30.1 Å². The number of nitriles is 1. The number of aromatic nitrogens is 6. The molecule has 11 nitrogen and oxygen atoms in total. The fourth-order valence-corrected chi connectivity index (χ4v) is 5.38. The second kappa shape index (κ2) is 9.33. The van der Waals surface area contributed by atoms with E-state index in [2.05, 4.69) is 31.7 Å². The lowest BCUT2D eigenvalue weighted by Crippen LogP contribution is -2.51. The Morgan fingerprint density at radius 2 is 1.89 bits per heavy atom. The second-order valence-corrected chi connectivity index (χ2v) is 10.2. The Balaban J connectivity index is 1.21. The number of hydrogen-bond acceptors (Lipinski definition) is 7. The Morgan fingerprint density at radius 3 is 2.61 bits per heavy atom. The molecule has 4 heterocycles. The van der Waals surface area contributed by atoms with E-state index in [1.165, 1.54) is 12.8 Å². The van der Waals surface area contributed by atoms with E-state index in [1.807, 2.05) is 10.9 Å². The predicted octanol–water partition coefficient (Wildman–Crippen LogP) is 2.60. The van der Waals surface area contributed by atoms with Gasteiger partial charge in [0.1, 0.15) is 22.9 Å². The number of hydrogen-bond donors (Lipinski definition) is 2. The summed E-state index contributed by atoms with van der Waals surface area (Å²) in [6.45, 7) is 1.11. The predicted molar refractivity (Wildman–Crippen MR) is 129 cm³/mol. The molecular formula is C25H29N9O2. The summed E-state index contributed by atoms with van der Waals surface area (Å²) < 4.78 is 1.91. The fourth-order valence-electron chi connectivity index (χ4n) is 5.38. The van der Waals surface area contributed by atoms with Crippen LogP contribution in [-0.4, -0.2) is 65.8 Å². The number of nitrogens with one attached hydrogen (secondary N) is 2. The average molecular weight is 488 g/mol. The van der Waals surface area contributed by atoms with Crippen LogP contribution < -0.4 is 5.32 Å². The van der Waals surface area contributed by atoms with Crippen LogP contribution in [0, 0.1) is 23.2 Å². The third-order valence-electron chi connectivity index (χ3n) is 7.73. The van der Waals surface area contributed by atoms with E-state index in [-0.39, 0.29) is 23.7 Å². The molecule has 2 amide bonds. The molecule has 3 aromatic heterocycles. The Hall–Kier alpha value is -3.81. The van der Waals surface area contributed by atoms with Crippen molar-refractivity contribution < 1.29 is 9.59 Å². The summed E-state index contributed by atoms with van der Waals surface area (Å²) >= 11 is 0. The Bertz CT molecular complexity index is 1320. The van der Waals surface area contributed by atoms with Crippen molar-refractivity contribution in [2.24, 2.45) is 11.8 Å². The normalized spacial score (nSPS) is 19.9. The van der Waals surface area contributed by atoms with Gasteiger partial charge in [-0.25, -0.2) is 14.6 Å². The second-order valence-electron chi connectivity index (χ2n) is 10.2. The first kappa shape index (κ1) is 22.6. The van der Waals surface area contributed by atoms with Gasteiger partial charge in [0.25, 0.3) is 5.91 Å². The van der Waals surface area contributed by atoms with Crippen molar-refractivity contribution in [1.82, 2.24) is 40.2 Å². The summed E-state index contributed by atoms with van der Waals surface area (Å²) in [5, 5.41) is 20.7. The zero-order chi connectivity index (χ0) is 24.6. The number of carbonyl (C=O) groups excluding carboxylic acids is 2. The first-order valence-electron chi connectivity index (χ1n) is 12.9. The molecule has 0 aromatic carbocycles. The number of likely N-dealkylation sites (tertiary alicyclic amines) is 1. The highest BCUT2D eigenvalue weighted by molar-refractivity contribution is 6.06. The third kappa shape index (κ3) is 4.32. The average Bonchev–Trinajstić information content (AvgIpc) is 3.30. The van der Waals surface area contributed by atoms with E-state index in [0.29, 0.717) is 60.1 Å². The first-order valence-corrected chi connectivity index (χ1v) is 12.9. The zero-order valence-electron chi connectivity index (χ0n) is 20.1. The summed E-state index contributed by atoms with van der Waals surface area (Å²) in [5.41, 5.74) is 2.47.